The van der Waals surface area contributed by atoms with E-state index in [4.69, 9.17) is 19.3 Å². The maximum atomic E-state index is 11.1. The van der Waals surface area contributed by atoms with E-state index in [0.717, 1.165) is 17.2 Å². The van der Waals surface area contributed by atoms with E-state index in [0.29, 0.717) is 19.0 Å². The first kappa shape index (κ1) is 18.7. The van der Waals surface area contributed by atoms with E-state index >= 15 is 0 Å². The van der Waals surface area contributed by atoms with Gasteiger partial charge in [-0.25, -0.2) is 4.79 Å². The Morgan fingerprint density at radius 2 is 1.52 bits per heavy atom. The summed E-state index contributed by atoms with van der Waals surface area (Å²) in [4.78, 5) is 11.1. The fraction of sp³-hybridized carbons (Fsp3) is 0.250. The van der Waals surface area contributed by atoms with Crippen molar-refractivity contribution >= 4 is 5.97 Å². The number of carboxylic acid groups (broad SMARTS) is 1. The maximum absolute atomic E-state index is 11.1. The SMILES string of the molecule is CCOC(OCC)C(=CC(=O)O)Oc1ccc(-c2ccccc2)cc1. The van der Waals surface area contributed by atoms with E-state index in [1.54, 1.807) is 26.0 Å². The fourth-order valence-corrected chi connectivity index (χ4v) is 2.26. The molecule has 0 bridgehead atoms. The van der Waals surface area contributed by atoms with E-state index in [9.17, 15) is 4.79 Å². The Morgan fingerprint density at radius 1 is 0.960 bits per heavy atom. The summed E-state index contributed by atoms with van der Waals surface area (Å²) < 4.78 is 16.6. The Balaban J connectivity index is 2.19. The lowest BCUT2D eigenvalue weighted by atomic mass is 10.1. The highest BCUT2D eigenvalue weighted by Crippen LogP contribution is 2.24. The molecule has 0 aromatic heterocycles. The average molecular weight is 342 g/mol. The van der Waals surface area contributed by atoms with E-state index in [1.807, 2.05) is 42.5 Å². The standard InChI is InChI=1S/C20H22O5/c1-3-23-20(24-4-2)18(14-19(21)22)25-17-12-10-16(11-13-17)15-8-6-5-7-9-15/h5-14,20H,3-4H2,1-2H3,(H,21,22). The number of benzene rings is 2. The van der Waals surface area contributed by atoms with Crippen molar-refractivity contribution < 1.29 is 24.1 Å². The van der Waals surface area contributed by atoms with Crippen LogP contribution < -0.4 is 4.74 Å². The number of rotatable bonds is 9. The van der Waals surface area contributed by atoms with Crippen molar-refractivity contribution in [1.29, 1.82) is 0 Å². The summed E-state index contributed by atoms with van der Waals surface area (Å²) in [6.45, 7) is 4.36. The Labute approximate surface area is 147 Å². The van der Waals surface area contributed by atoms with Crippen LogP contribution >= 0.6 is 0 Å². The molecule has 5 nitrogen and oxygen atoms in total. The molecule has 0 aliphatic carbocycles. The van der Waals surface area contributed by atoms with Gasteiger partial charge in [0.15, 0.2) is 5.76 Å². The minimum atomic E-state index is -1.12. The van der Waals surface area contributed by atoms with Gasteiger partial charge in [0.1, 0.15) is 5.75 Å². The van der Waals surface area contributed by atoms with Crippen LogP contribution in [0.5, 0.6) is 5.75 Å². The molecular weight excluding hydrogens is 320 g/mol. The van der Waals surface area contributed by atoms with Gasteiger partial charge in [0.25, 0.3) is 0 Å². The highest BCUT2D eigenvalue weighted by Gasteiger charge is 2.19. The monoisotopic (exact) mass is 342 g/mol. The zero-order valence-corrected chi connectivity index (χ0v) is 14.3. The summed E-state index contributed by atoms with van der Waals surface area (Å²) in [5.41, 5.74) is 2.14. The molecule has 2 rings (SSSR count). The molecule has 0 heterocycles. The molecule has 0 saturated heterocycles. The topological polar surface area (TPSA) is 65.0 Å². The summed E-state index contributed by atoms with van der Waals surface area (Å²) in [5, 5.41) is 9.07. The fourth-order valence-electron chi connectivity index (χ4n) is 2.26. The second kappa shape index (κ2) is 9.61. The minimum Gasteiger partial charge on any atom is -0.478 e. The normalized spacial score (nSPS) is 11.6. The summed E-state index contributed by atoms with van der Waals surface area (Å²) >= 11 is 0. The van der Waals surface area contributed by atoms with Gasteiger partial charge in [-0.15, -0.1) is 0 Å². The first-order chi connectivity index (χ1) is 12.1. The molecule has 0 fully saturated rings. The summed E-state index contributed by atoms with van der Waals surface area (Å²) in [6.07, 6.45) is 0.0982. The van der Waals surface area contributed by atoms with Gasteiger partial charge in [-0.2, -0.15) is 0 Å². The van der Waals surface area contributed by atoms with Gasteiger partial charge in [0.2, 0.25) is 6.29 Å². The summed E-state index contributed by atoms with van der Waals surface area (Å²) in [5.74, 6) is -0.513. The van der Waals surface area contributed by atoms with Crippen molar-refractivity contribution in [3.05, 3.63) is 66.4 Å². The highest BCUT2D eigenvalue weighted by atomic mass is 16.7. The molecule has 0 spiro atoms. The molecule has 25 heavy (non-hydrogen) atoms. The van der Waals surface area contributed by atoms with Crippen LogP contribution in [0, 0.1) is 0 Å². The molecule has 0 saturated carbocycles. The lowest BCUT2D eigenvalue weighted by molar-refractivity contribution is -0.136. The zero-order valence-electron chi connectivity index (χ0n) is 14.3. The van der Waals surface area contributed by atoms with Crippen LogP contribution in [0.25, 0.3) is 11.1 Å². The van der Waals surface area contributed by atoms with Gasteiger partial charge < -0.3 is 19.3 Å². The highest BCUT2D eigenvalue weighted by molar-refractivity contribution is 5.80. The van der Waals surface area contributed by atoms with E-state index < -0.39 is 12.3 Å². The molecule has 0 radical (unpaired) electrons. The quantitative estimate of drug-likeness (QED) is 0.422. The Kier molecular flexibility index (Phi) is 7.19. The molecular formula is C20H22O5. The second-order valence-corrected chi connectivity index (χ2v) is 5.12. The molecule has 0 atom stereocenters. The van der Waals surface area contributed by atoms with Crippen LogP contribution in [-0.4, -0.2) is 30.6 Å². The van der Waals surface area contributed by atoms with E-state index in [1.165, 1.54) is 0 Å². The third kappa shape index (κ3) is 5.74. The van der Waals surface area contributed by atoms with Crippen LogP contribution in [-0.2, 0) is 14.3 Å². The molecule has 0 aliphatic heterocycles. The van der Waals surface area contributed by atoms with Crippen molar-refractivity contribution in [1.82, 2.24) is 0 Å². The number of hydrogen-bond donors (Lipinski definition) is 1. The smallest absolute Gasteiger partial charge is 0.331 e. The molecule has 2 aromatic carbocycles. The van der Waals surface area contributed by atoms with Gasteiger partial charge in [0, 0.05) is 13.2 Å². The minimum absolute atomic E-state index is 0.101. The molecule has 5 heteroatoms. The Morgan fingerprint density at radius 3 is 2.04 bits per heavy atom. The molecule has 1 N–H and O–H groups in total. The largest absolute Gasteiger partial charge is 0.478 e. The van der Waals surface area contributed by atoms with Gasteiger partial charge in [-0.1, -0.05) is 42.5 Å². The second-order valence-electron chi connectivity index (χ2n) is 5.12. The van der Waals surface area contributed by atoms with Crippen LogP contribution in [0.2, 0.25) is 0 Å². The molecule has 0 unspecified atom stereocenters. The summed E-state index contributed by atoms with van der Waals surface area (Å²) in [7, 11) is 0. The number of ether oxygens (including phenoxy) is 3. The Hall–Kier alpha value is -2.63. The number of carbonyl (C=O) groups is 1. The maximum Gasteiger partial charge on any atom is 0.331 e. The predicted molar refractivity (Wildman–Crippen MR) is 95.3 cm³/mol. The molecule has 2 aromatic rings. The van der Waals surface area contributed by atoms with Crippen molar-refractivity contribution in [3.63, 3.8) is 0 Å². The predicted octanol–water partition coefficient (Wildman–Crippen LogP) is 4.10. The van der Waals surface area contributed by atoms with Crippen molar-refractivity contribution in [2.24, 2.45) is 0 Å². The van der Waals surface area contributed by atoms with Crippen LogP contribution in [0.15, 0.2) is 66.4 Å². The van der Waals surface area contributed by atoms with Gasteiger partial charge in [-0.05, 0) is 37.1 Å². The van der Waals surface area contributed by atoms with Crippen molar-refractivity contribution in [2.75, 3.05) is 13.2 Å². The zero-order chi connectivity index (χ0) is 18.1. The van der Waals surface area contributed by atoms with E-state index in [-0.39, 0.29) is 5.76 Å². The first-order valence-electron chi connectivity index (χ1n) is 8.15. The molecule has 0 aliphatic rings. The third-order valence-electron chi connectivity index (χ3n) is 3.33. The first-order valence-corrected chi connectivity index (χ1v) is 8.15. The lowest BCUT2D eigenvalue weighted by Gasteiger charge is -2.20. The van der Waals surface area contributed by atoms with Crippen LogP contribution in [0.4, 0.5) is 0 Å². The number of carboxylic acids is 1. The number of hydrogen-bond acceptors (Lipinski definition) is 4. The van der Waals surface area contributed by atoms with Crippen LogP contribution in [0.1, 0.15) is 13.8 Å². The van der Waals surface area contributed by atoms with Crippen molar-refractivity contribution in [2.45, 2.75) is 20.1 Å². The number of aliphatic carboxylic acids is 1. The average Bonchev–Trinajstić information content (AvgIpc) is 2.62. The summed E-state index contributed by atoms with van der Waals surface area (Å²) in [6, 6.07) is 17.4. The van der Waals surface area contributed by atoms with Gasteiger partial charge in [0.05, 0.1) is 6.08 Å². The Bertz CT molecular complexity index is 686. The van der Waals surface area contributed by atoms with E-state index in [2.05, 4.69) is 0 Å². The lowest BCUT2D eigenvalue weighted by Crippen LogP contribution is -2.24. The molecule has 0 amide bonds. The third-order valence-corrected chi connectivity index (χ3v) is 3.33. The van der Waals surface area contributed by atoms with Gasteiger partial charge in [-0.3, -0.25) is 0 Å². The van der Waals surface area contributed by atoms with Crippen LogP contribution in [0.3, 0.4) is 0 Å². The van der Waals surface area contributed by atoms with Gasteiger partial charge >= 0.3 is 5.97 Å². The molecule has 132 valence electrons. The van der Waals surface area contributed by atoms with Crippen molar-refractivity contribution in [3.8, 4) is 16.9 Å².